The van der Waals surface area contributed by atoms with Gasteiger partial charge in [0.2, 0.25) is 0 Å². The Kier molecular flexibility index (Phi) is 5.08. The Hall–Kier alpha value is -1.43. The second-order valence-electron chi connectivity index (χ2n) is 6.16. The van der Waals surface area contributed by atoms with Gasteiger partial charge >= 0.3 is 0 Å². The molecule has 1 amide bonds. The van der Waals surface area contributed by atoms with Crippen LogP contribution >= 0.6 is 0 Å². The molecule has 2 aliphatic heterocycles. The topological polar surface area (TPSA) is 44.8 Å². The quantitative estimate of drug-likeness (QED) is 0.893. The average molecular weight is 303 g/mol. The minimum atomic E-state index is -0.321. The molecule has 0 aromatic heterocycles. The van der Waals surface area contributed by atoms with E-state index in [4.69, 9.17) is 4.74 Å². The molecule has 0 saturated carbocycles. The maximum Gasteiger partial charge on any atom is 0.253 e. The van der Waals surface area contributed by atoms with Crippen LogP contribution in [0.4, 0.5) is 0 Å². The van der Waals surface area contributed by atoms with Gasteiger partial charge in [0.25, 0.3) is 5.91 Å². The number of carbonyl (C=O) groups is 1. The van der Waals surface area contributed by atoms with Crippen LogP contribution in [0.5, 0.6) is 0 Å². The molecule has 22 heavy (non-hydrogen) atoms. The van der Waals surface area contributed by atoms with Gasteiger partial charge in [-0.2, -0.15) is 0 Å². The van der Waals surface area contributed by atoms with E-state index >= 15 is 0 Å². The molecule has 5 nitrogen and oxygen atoms in total. The lowest BCUT2D eigenvalue weighted by Gasteiger charge is -2.39. The summed E-state index contributed by atoms with van der Waals surface area (Å²) < 4.78 is 5.76. The van der Waals surface area contributed by atoms with Crippen LogP contribution in [0.3, 0.4) is 0 Å². The molecular weight excluding hydrogens is 278 g/mol. The Morgan fingerprint density at radius 2 is 2.14 bits per heavy atom. The third kappa shape index (κ3) is 3.66. The van der Waals surface area contributed by atoms with Crippen LogP contribution in [-0.4, -0.2) is 67.2 Å². The van der Waals surface area contributed by atoms with E-state index in [2.05, 4.69) is 41.4 Å². The number of benzene rings is 1. The normalized spacial score (nSPS) is 26.9. The van der Waals surface area contributed by atoms with Crippen molar-refractivity contribution >= 4 is 5.91 Å². The Labute approximate surface area is 132 Å². The van der Waals surface area contributed by atoms with Crippen molar-refractivity contribution in [3.63, 3.8) is 0 Å². The van der Waals surface area contributed by atoms with Gasteiger partial charge < -0.3 is 15.0 Å². The Morgan fingerprint density at radius 3 is 2.91 bits per heavy atom. The zero-order chi connectivity index (χ0) is 15.4. The molecule has 120 valence electrons. The number of carbonyl (C=O) groups excluding carboxylic acids is 1. The highest BCUT2D eigenvalue weighted by Crippen LogP contribution is 2.14. The van der Waals surface area contributed by atoms with Gasteiger partial charge in [-0.05, 0) is 12.5 Å². The van der Waals surface area contributed by atoms with E-state index in [0.717, 1.165) is 32.7 Å². The van der Waals surface area contributed by atoms with E-state index in [9.17, 15) is 4.79 Å². The van der Waals surface area contributed by atoms with Gasteiger partial charge in [0.05, 0.1) is 6.61 Å². The fraction of sp³-hybridized carbons (Fsp3) is 0.588. The smallest absolute Gasteiger partial charge is 0.253 e. The van der Waals surface area contributed by atoms with E-state index < -0.39 is 0 Å². The molecule has 1 N–H and O–H groups in total. The van der Waals surface area contributed by atoms with Crippen LogP contribution in [0.1, 0.15) is 12.5 Å². The summed E-state index contributed by atoms with van der Waals surface area (Å²) in [6, 6.07) is 10.6. The third-order valence-corrected chi connectivity index (χ3v) is 4.46. The van der Waals surface area contributed by atoms with E-state index in [0.29, 0.717) is 13.2 Å². The molecule has 2 aliphatic rings. The van der Waals surface area contributed by atoms with Crippen molar-refractivity contribution in [2.45, 2.75) is 25.6 Å². The van der Waals surface area contributed by atoms with Crippen LogP contribution in [0, 0.1) is 0 Å². The fourth-order valence-corrected chi connectivity index (χ4v) is 3.19. The minimum absolute atomic E-state index is 0.145. The van der Waals surface area contributed by atoms with E-state index in [1.54, 1.807) is 0 Å². The lowest BCUT2D eigenvalue weighted by molar-refractivity contribution is -0.152. The highest BCUT2D eigenvalue weighted by atomic mass is 16.5. The molecule has 0 radical (unpaired) electrons. The summed E-state index contributed by atoms with van der Waals surface area (Å²) in [7, 11) is 0. The Balaban J connectivity index is 1.59. The number of hydrogen-bond acceptors (Lipinski definition) is 4. The number of morpholine rings is 1. The summed E-state index contributed by atoms with van der Waals surface area (Å²) in [5, 5.41) is 3.32. The number of nitrogens with zero attached hydrogens (tertiary/aromatic N) is 2. The Bertz CT molecular complexity index is 494. The SMILES string of the molecule is CC1CNCCN1C(=O)C1CN(Cc2ccccc2)CCO1. The van der Waals surface area contributed by atoms with E-state index in [-0.39, 0.29) is 18.1 Å². The van der Waals surface area contributed by atoms with E-state index in [1.165, 1.54) is 5.56 Å². The second kappa shape index (κ2) is 7.22. The van der Waals surface area contributed by atoms with Gasteiger partial charge in [-0.1, -0.05) is 30.3 Å². The number of amides is 1. The van der Waals surface area contributed by atoms with Crippen LogP contribution in [-0.2, 0) is 16.1 Å². The highest BCUT2D eigenvalue weighted by Gasteiger charge is 2.33. The predicted molar refractivity (Wildman–Crippen MR) is 85.5 cm³/mol. The molecular formula is C17H25N3O2. The summed E-state index contributed by atoms with van der Waals surface area (Å²) in [6.07, 6.45) is -0.321. The van der Waals surface area contributed by atoms with Crippen LogP contribution in [0.25, 0.3) is 0 Å². The first-order valence-corrected chi connectivity index (χ1v) is 8.13. The predicted octanol–water partition coefficient (Wildman–Crippen LogP) is 0.708. The molecule has 1 aromatic rings. The highest BCUT2D eigenvalue weighted by molar-refractivity contribution is 5.81. The first-order chi connectivity index (χ1) is 10.7. The summed E-state index contributed by atoms with van der Waals surface area (Å²) in [6.45, 7) is 7.69. The van der Waals surface area contributed by atoms with Crippen LogP contribution in [0.2, 0.25) is 0 Å². The summed E-state index contributed by atoms with van der Waals surface area (Å²) in [4.78, 5) is 17.0. The van der Waals surface area contributed by atoms with Gasteiger partial charge in [-0.25, -0.2) is 0 Å². The third-order valence-electron chi connectivity index (χ3n) is 4.46. The second-order valence-corrected chi connectivity index (χ2v) is 6.16. The summed E-state index contributed by atoms with van der Waals surface area (Å²) in [5.74, 6) is 0.145. The van der Waals surface area contributed by atoms with Gasteiger partial charge in [0.1, 0.15) is 6.10 Å². The van der Waals surface area contributed by atoms with Crippen molar-refractivity contribution in [3.05, 3.63) is 35.9 Å². The number of hydrogen-bond donors (Lipinski definition) is 1. The zero-order valence-electron chi connectivity index (χ0n) is 13.2. The molecule has 0 aliphatic carbocycles. The van der Waals surface area contributed by atoms with Crippen molar-refractivity contribution in [3.8, 4) is 0 Å². The van der Waals surface area contributed by atoms with Crippen molar-refractivity contribution < 1.29 is 9.53 Å². The summed E-state index contributed by atoms with van der Waals surface area (Å²) >= 11 is 0. The van der Waals surface area contributed by atoms with E-state index in [1.807, 2.05) is 11.0 Å². The van der Waals surface area contributed by atoms with Crippen molar-refractivity contribution in [1.29, 1.82) is 0 Å². The number of nitrogens with one attached hydrogen (secondary N) is 1. The molecule has 2 atom stereocenters. The first-order valence-electron chi connectivity index (χ1n) is 8.13. The van der Waals surface area contributed by atoms with Crippen LogP contribution < -0.4 is 5.32 Å². The molecule has 2 heterocycles. The van der Waals surface area contributed by atoms with Crippen LogP contribution in [0.15, 0.2) is 30.3 Å². The van der Waals surface area contributed by atoms with Gasteiger partial charge in [-0.15, -0.1) is 0 Å². The maximum atomic E-state index is 12.7. The lowest BCUT2D eigenvalue weighted by Crippen LogP contribution is -2.58. The maximum absolute atomic E-state index is 12.7. The first kappa shape index (κ1) is 15.5. The number of piperazine rings is 1. The summed E-state index contributed by atoms with van der Waals surface area (Å²) in [5.41, 5.74) is 1.28. The zero-order valence-corrected chi connectivity index (χ0v) is 13.2. The molecule has 1 aromatic carbocycles. The Morgan fingerprint density at radius 1 is 1.32 bits per heavy atom. The molecule has 2 unspecified atom stereocenters. The molecule has 5 heteroatoms. The van der Waals surface area contributed by atoms with Crippen molar-refractivity contribution in [2.24, 2.45) is 0 Å². The van der Waals surface area contributed by atoms with Gasteiger partial charge in [-0.3, -0.25) is 9.69 Å². The molecule has 2 fully saturated rings. The van der Waals surface area contributed by atoms with Gasteiger partial charge in [0.15, 0.2) is 0 Å². The van der Waals surface area contributed by atoms with Crippen molar-refractivity contribution in [2.75, 3.05) is 39.3 Å². The number of rotatable bonds is 3. The average Bonchev–Trinajstić information content (AvgIpc) is 2.56. The fourth-order valence-electron chi connectivity index (χ4n) is 3.19. The molecule has 3 rings (SSSR count). The minimum Gasteiger partial charge on any atom is -0.366 e. The monoisotopic (exact) mass is 303 g/mol. The van der Waals surface area contributed by atoms with Gasteiger partial charge in [0, 0.05) is 45.3 Å². The number of ether oxygens (including phenoxy) is 1. The largest absolute Gasteiger partial charge is 0.366 e. The van der Waals surface area contributed by atoms with Crippen molar-refractivity contribution in [1.82, 2.24) is 15.1 Å². The standard InChI is InChI=1S/C17H25N3O2/c1-14-11-18-7-8-20(14)17(21)16-13-19(9-10-22-16)12-15-5-3-2-4-6-15/h2-6,14,16,18H,7-13H2,1H3. The molecule has 0 bridgehead atoms. The molecule has 0 spiro atoms. The lowest BCUT2D eigenvalue weighted by atomic mass is 10.1. The molecule has 2 saturated heterocycles.